The summed E-state index contributed by atoms with van der Waals surface area (Å²) in [6.07, 6.45) is 0. The van der Waals surface area contributed by atoms with E-state index in [-0.39, 0.29) is 11.7 Å². The highest BCUT2D eigenvalue weighted by Gasteiger charge is 2.13. The minimum absolute atomic E-state index is 0.155. The molecule has 0 saturated heterocycles. The highest BCUT2D eigenvalue weighted by Crippen LogP contribution is 2.20. The van der Waals surface area contributed by atoms with Crippen LogP contribution in [0.5, 0.6) is 0 Å². The molecule has 0 aliphatic carbocycles. The van der Waals surface area contributed by atoms with Crippen LogP contribution >= 0.6 is 11.6 Å². The lowest BCUT2D eigenvalue weighted by atomic mass is 10.2. The van der Waals surface area contributed by atoms with Crippen LogP contribution in [0.3, 0.4) is 0 Å². The molecule has 0 radical (unpaired) electrons. The Bertz CT molecular complexity index is 704. The van der Waals surface area contributed by atoms with Gasteiger partial charge in [0.25, 0.3) is 0 Å². The van der Waals surface area contributed by atoms with Gasteiger partial charge in [-0.25, -0.2) is 0 Å². The number of carbonyl (C=O) groups is 1. The number of nitrogens with one attached hydrogen (secondary N) is 1. The summed E-state index contributed by atoms with van der Waals surface area (Å²) in [5, 5.41) is 3.07. The second-order valence-electron chi connectivity index (χ2n) is 4.54. The van der Waals surface area contributed by atoms with Crippen molar-refractivity contribution in [2.45, 2.75) is 11.8 Å². The fourth-order valence-electron chi connectivity index (χ4n) is 1.74. The molecule has 0 fully saturated rings. The van der Waals surface area contributed by atoms with E-state index in [1.54, 1.807) is 36.4 Å². The van der Waals surface area contributed by atoms with Crippen LogP contribution in [0.2, 0.25) is 5.02 Å². The maximum atomic E-state index is 12.1. The lowest BCUT2D eigenvalue weighted by Crippen LogP contribution is -2.19. The molecule has 1 atom stereocenters. The summed E-state index contributed by atoms with van der Waals surface area (Å²) >= 11 is 5.96. The van der Waals surface area contributed by atoms with Crippen LogP contribution in [0.1, 0.15) is 5.56 Å². The fraction of sp³-hybridized carbons (Fsp3) is 0.133. The SMILES string of the molecule is Cc1ccc(NC(=O)CS(=O)c2ccccc2Cl)cc1N. The van der Waals surface area contributed by atoms with Gasteiger partial charge < -0.3 is 11.1 Å². The van der Waals surface area contributed by atoms with Crippen LogP contribution in [0.4, 0.5) is 11.4 Å². The number of amides is 1. The first-order valence-corrected chi connectivity index (χ1v) is 7.96. The van der Waals surface area contributed by atoms with E-state index in [1.165, 1.54) is 0 Å². The molecule has 21 heavy (non-hydrogen) atoms. The Morgan fingerprint density at radius 2 is 2.00 bits per heavy atom. The van der Waals surface area contributed by atoms with Gasteiger partial charge in [-0.2, -0.15) is 0 Å². The normalized spacial score (nSPS) is 11.9. The van der Waals surface area contributed by atoms with Gasteiger partial charge in [0.2, 0.25) is 5.91 Å². The van der Waals surface area contributed by atoms with Crippen LogP contribution < -0.4 is 11.1 Å². The van der Waals surface area contributed by atoms with Gasteiger partial charge >= 0.3 is 0 Å². The second kappa shape index (κ2) is 6.74. The van der Waals surface area contributed by atoms with E-state index in [4.69, 9.17) is 17.3 Å². The summed E-state index contributed by atoms with van der Waals surface area (Å²) in [6.45, 7) is 1.88. The lowest BCUT2D eigenvalue weighted by Gasteiger charge is -2.08. The van der Waals surface area contributed by atoms with E-state index in [0.29, 0.717) is 21.3 Å². The molecule has 2 aromatic rings. The molecule has 0 aromatic heterocycles. The van der Waals surface area contributed by atoms with Crippen molar-refractivity contribution in [1.29, 1.82) is 0 Å². The first kappa shape index (κ1) is 15.5. The third-order valence-corrected chi connectivity index (χ3v) is 4.72. The van der Waals surface area contributed by atoms with Crippen molar-refractivity contribution in [3.8, 4) is 0 Å². The summed E-state index contributed by atoms with van der Waals surface area (Å²) in [4.78, 5) is 12.4. The molecule has 1 unspecified atom stereocenters. The molecule has 0 aliphatic rings. The molecule has 0 aliphatic heterocycles. The summed E-state index contributed by atoms with van der Waals surface area (Å²) in [7, 11) is -1.48. The number of hydrogen-bond acceptors (Lipinski definition) is 3. The van der Waals surface area contributed by atoms with Gasteiger partial charge in [0.1, 0.15) is 5.75 Å². The maximum Gasteiger partial charge on any atom is 0.237 e. The van der Waals surface area contributed by atoms with Crippen molar-refractivity contribution in [2.24, 2.45) is 0 Å². The third kappa shape index (κ3) is 4.06. The molecule has 0 saturated carbocycles. The molecule has 0 spiro atoms. The number of nitrogens with two attached hydrogens (primary N) is 1. The van der Waals surface area contributed by atoms with E-state index in [9.17, 15) is 9.00 Å². The van der Waals surface area contributed by atoms with Gasteiger partial charge in [-0.05, 0) is 36.8 Å². The molecule has 0 heterocycles. The largest absolute Gasteiger partial charge is 0.398 e. The summed E-state index contributed by atoms with van der Waals surface area (Å²) in [6, 6.07) is 12.0. The Morgan fingerprint density at radius 1 is 1.29 bits per heavy atom. The van der Waals surface area contributed by atoms with Crippen molar-refractivity contribution in [1.82, 2.24) is 0 Å². The van der Waals surface area contributed by atoms with Crippen LogP contribution in [0.25, 0.3) is 0 Å². The van der Waals surface area contributed by atoms with Gasteiger partial charge in [0.15, 0.2) is 0 Å². The summed E-state index contributed by atoms with van der Waals surface area (Å²) < 4.78 is 12.1. The average molecular weight is 323 g/mol. The minimum Gasteiger partial charge on any atom is -0.398 e. The molecule has 2 aromatic carbocycles. The van der Waals surface area contributed by atoms with Crippen molar-refractivity contribution < 1.29 is 9.00 Å². The Kier molecular flexibility index (Phi) is 4.98. The zero-order valence-electron chi connectivity index (χ0n) is 11.4. The molecular formula is C15H15ClN2O2S. The smallest absolute Gasteiger partial charge is 0.237 e. The highest BCUT2D eigenvalue weighted by molar-refractivity contribution is 7.86. The maximum absolute atomic E-state index is 12.1. The monoisotopic (exact) mass is 322 g/mol. The van der Waals surface area contributed by atoms with Crippen molar-refractivity contribution in [3.63, 3.8) is 0 Å². The van der Waals surface area contributed by atoms with Crippen LogP contribution in [-0.4, -0.2) is 15.9 Å². The van der Waals surface area contributed by atoms with Crippen LogP contribution in [0, 0.1) is 6.92 Å². The van der Waals surface area contributed by atoms with Gasteiger partial charge in [0.05, 0.1) is 20.7 Å². The predicted octanol–water partition coefficient (Wildman–Crippen LogP) is 2.98. The topological polar surface area (TPSA) is 72.2 Å². The molecule has 0 bridgehead atoms. The lowest BCUT2D eigenvalue weighted by molar-refractivity contribution is -0.113. The second-order valence-corrected chi connectivity index (χ2v) is 6.37. The first-order chi connectivity index (χ1) is 9.97. The Labute approximate surface area is 130 Å². The van der Waals surface area contributed by atoms with Gasteiger partial charge in [0, 0.05) is 11.4 Å². The van der Waals surface area contributed by atoms with E-state index < -0.39 is 10.8 Å². The minimum atomic E-state index is -1.48. The van der Waals surface area contributed by atoms with Gasteiger partial charge in [-0.15, -0.1) is 0 Å². The number of carbonyl (C=O) groups excluding carboxylic acids is 1. The highest BCUT2D eigenvalue weighted by atomic mass is 35.5. The number of anilines is 2. The van der Waals surface area contributed by atoms with Gasteiger partial charge in [-0.3, -0.25) is 9.00 Å². The molecule has 6 heteroatoms. The van der Waals surface area contributed by atoms with Crippen LogP contribution in [-0.2, 0) is 15.6 Å². The number of nitrogen functional groups attached to an aromatic ring is 1. The van der Waals surface area contributed by atoms with E-state index >= 15 is 0 Å². The predicted molar refractivity (Wildman–Crippen MR) is 86.9 cm³/mol. The molecule has 4 nitrogen and oxygen atoms in total. The number of halogens is 1. The fourth-order valence-corrected chi connectivity index (χ4v) is 3.12. The van der Waals surface area contributed by atoms with Crippen molar-refractivity contribution >= 4 is 39.7 Å². The molecule has 3 N–H and O–H groups in total. The third-order valence-electron chi connectivity index (χ3n) is 2.91. The van der Waals surface area contributed by atoms with Gasteiger partial charge in [-0.1, -0.05) is 29.8 Å². The van der Waals surface area contributed by atoms with Crippen molar-refractivity contribution in [2.75, 3.05) is 16.8 Å². The standard InChI is InChI=1S/C15H15ClN2O2S/c1-10-6-7-11(8-13(10)17)18-15(19)9-21(20)14-5-3-2-4-12(14)16/h2-8H,9,17H2,1H3,(H,18,19). The van der Waals surface area contributed by atoms with E-state index in [2.05, 4.69) is 5.32 Å². The quantitative estimate of drug-likeness (QED) is 0.850. The number of aryl methyl sites for hydroxylation is 1. The Balaban J connectivity index is 2.03. The van der Waals surface area contributed by atoms with E-state index in [1.807, 2.05) is 13.0 Å². The van der Waals surface area contributed by atoms with E-state index in [0.717, 1.165) is 5.56 Å². The average Bonchev–Trinajstić information content (AvgIpc) is 2.43. The summed E-state index contributed by atoms with van der Waals surface area (Å²) in [5.74, 6) is -0.506. The van der Waals surface area contributed by atoms with Crippen LogP contribution in [0.15, 0.2) is 47.4 Å². The Hall–Kier alpha value is -1.85. The molecular weight excluding hydrogens is 308 g/mol. The van der Waals surface area contributed by atoms with Crippen molar-refractivity contribution in [3.05, 3.63) is 53.1 Å². The number of rotatable bonds is 4. The zero-order chi connectivity index (χ0) is 15.4. The zero-order valence-corrected chi connectivity index (χ0v) is 13.0. The first-order valence-electron chi connectivity index (χ1n) is 6.26. The Morgan fingerprint density at radius 3 is 2.67 bits per heavy atom. The molecule has 110 valence electrons. The summed E-state index contributed by atoms with van der Waals surface area (Å²) in [5.41, 5.74) is 7.90. The number of hydrogen-bond donors (Lipinski definition) is 2. The number of benzene rings is 2. The molecule has 1 amide bonds. The molecule has 2 rings (SSSR count).